The lowest BCUT2D eigenvalue weighted by molar-refractivity contribution is 0.0689. The van der Waals surface area contributed by atoms with E-state index in [1.165, 1.54) is 0 Å². The van der Waals surface area contributed by atoms with E-state index in [4.69, 9.17) is 5.26 Å². The highest BCUT2D eigenvalue weighted by atomic mass is 16.2. The predicted octanol–water partition coefficient (Wildman–Crippen LogP) is 0.733. The Morgan fingerprint density at radius 3 is 2.82 bits per heavy atom. The number of likely N-dealkylation sites (tertiary alicyclic amines) is 1. The number of hydrogen-bond acceptors (Lipinski definition) is 7. The number of rotatable bonds is 5. The first kappa shape index (κ1) is 20.6. The van der Waals surface area contributed by atoms with Crippen molar-refractivity contribution in [3.8, 4) is 11.8 Å². The zero-order valence-corrected chi connectivity index (χ0v) is 17.8. The van der Waals surface area contributed by atoms with Gasteiger partial charge >= 0.3 is 6.03 Å². The Morgan fingerprint density at radius 2 is 2.09 bits per heavy atom. The molecular weight excluding hydrogens is 424 g/mol. The van der Waals surface area contributed by atoms with Crippen molar-refractivity contribution in [1.82, 2.24) is 44.9 Å². The number of carbonyl (C=O) groups excluding carboxylic acids is 2. The largest absolute Gasteiger partial charge is 0.338 e. The molecule has 0 saturated carbocycles. The van der Waals surface area contributed by atoms with E-state index in [-0.39, 0.29) is 23.8 Å². The summed E-state index contributed by atoms with van der Waals surface area (Å²) in [6, 6.07) is 9.24. The fourth-order valence-corrected chi connectivity index (χ4v) is 4.15. The first-order chi connectivity index (χ1) is 16.1. The summed E-state index contributed by atoms with van der Waals surface area (Å²) in [5, 5.41) is 24.2. The number of aromatic nitrogens is 6. The molecule has 1 aromatic carbocycles. The quantitative estimate of drug-likeness (QED) is 0.610. The highest BCUT2D eigenvalue weighted by molar-refractivity contribution is 5.94. The molecule has 5 rings (SSSR count). The summed E-state index contributed by atoms with van der Waals surface area (Å²) in [6.45, 7) is 2.86. The third-order valence-electron chi connectivity index (χ3n) is 5.93. The van der Waals surface area contributed by atoms with Crippen molar-refractivity contribution < 1.29 is 9.59 Å². The van der Waals surface area contributed by atoms with Crippen LogP contribution >= 0.6 is 0 Å². The minimum Gasteiger partial charge on any atom is -0.338 e. The molecule has 0 bridgehead atoms. The SMILES string of the molecule is N#Cc1ncn(C2CCN(C(=O)c3cccc(-n4cc(CN5CCNC5=O)nn4)c3)CC2)n1. The highest BCUT2D eigenvalue weighted by Gasteiger charge is 2.26. The number of nitriles is 1. The van der Waals surface area contributed by atoms with E-state index in [0.717, 1.165) is 18.5 Å². The second-order valence-electron chi connectivity index (χ2n) is 8.04. The summed E-state index contributed by atoms with van der Waals surface area (Å²) >= 11 is 0. The average Bonchev–Trinajstić information content (AvgIpc) is 3.61. The Hall–Kier alpha value is -4.27. The monoisotopic (exact) mass is 446 g/mol. The molecule has 2 fully saturated rings. The normalized spacial score (nSPS) is 16.6. The predicted molar refractivity (Wildman–Crippen MR) is 114 cm³/mol. The number of hydrogen-bond donors (Lipinski definition) is 1. The van der Waals surface area contributed by atoms with Crippen LogP contribution in [-0.2, 0) is 6.54 Å². The zero-order valence-electron chi connectivity index (χ0n) is 17.8. The van der Waals surface area contributed by atoms with Crippen LogP contribution in [0.2, 0.25) is 0 Å². The number of benzene rings is 1. The van der Waals surface area contributed by atoms with Crippen molar-refractivity contribution in [3.05, 3.63) is 53.9 Å². The first-order valence-electron chi connectivity index (χ1n) is 10.8. The van der Waals surface area contributed by atoms with Gasteiger partial charge in [-0.2, -0.15) is 5.26 Å². The average molecular weight is 446 g/mol. The van der Waals surface area contributed by atoms with Crippen LogP contribution in [0.1, 0.15) is 40.8 Å². The lowest BCUT2D eigenvalue weighted by Crippen LogP contribution is -2.39. The molecule has 1 N–H and O–H groups in total. The number of nitrogens with one attached hydrogen (secondary N) is 1. The smallest absolute Gasteiger partial charge is 0.317 e. The summed E-state index contributed by atoms with van der Waals surface area (Å²) < 4.78 is 3.33. The summed E-state index contributed by atoms with van der Waals surface area (Å²) in [6.07, 6.45) is 4.84. The number of piperidine rings is 1. The maximum atomic E-state index is 13.1. The van der Waals surface area contributed by atoms with Crippen molar-refractivity contribution in [2.45, 2.75) is 25.4 Å². The molecule has 0 radical (unpaired) electrons. The molecule has 2 aromatic heterocycles. The van der Waals surface area contributed by atoms with E-state index >= 15 is 0 Å². The third-order valence-corrected chi connectivity index (χ3v) is 5.93. The van der Waals surface area contributed by atoms with E-state index in [2.05, 4.69) is 25.7 Å². The fourth-order valence-electron chi connectivity index (χ4n) is 4.15. The Labute approximate surface area is 189 Å². The molecule has 0 atom stereocenters. The van der Waals surface area contributed by atoms with Gasteiger partial charge in [-0.1, -0.05) is 11.3 Å². The first-order valence-corrected chi connectivity index (χ1v) is 10.8. The number of urea groups is 1. The molecule has 3 amide bonds. The van der Waals surface area contributed by atoms with Crippen molar-refractivity contribution in [3.63, 3.8) is 0 Å². The van der Waals surface area contributed by atoms with Crippen molar-refractivity contribution >= 4 is 11.9 Å². The number of nitrogens with zero attached hydrogens (tertiary/aromatic N) is 9. The third kappa shape index (κ3) is 4.25. The minimum absolute atomic E-state index is 0.0410. The standard InChI is InChI=1S/C21H22N10O2/c22-11-19-24-14-31(26-19)17-4-7-28(8-5-17)20(32)15-2-1-3-18(10-15)30-13-16(25-27-30)12-29-9-6-23-21(29)33/h1-3,10,13-14,17H,4-9,12H2,(H,23,33). The molecule has 2 aliphatic heterocycles. The molecule has 0 spiro atoms. The summed E-state index contributed by atoms with van der Waals surface area (Å²) in [5.74, 6) is 0.117. The Balaban J connectivity index is 1.23. The molecular formula is C21H22N10O2. The van der Waals surface area contributed by atoms with E-state index in [1.54, 1.807) is 38.9 Å². The molecule has 0 aliphatic carbocycles. The number of amides is 3. The topological polar surface area (TPSA) is 138 Å². The highest BCUT2D eigenvalue weighted by Crippen LogP contribution is 2.23. The van der Waals surface area contributed by atoms with E-state index in [9.17, 15) is 9.59 Å². The molecule has 3 aromatic rings. The summed E-state index contributed by atoms with van der Waals surface area (Å²) in [4.78, 5) is 32.3. The van der Waals surface area contributed by atoms with E-state index in [1.807, 2.05) is 23.1 Å². The van der Waals surface area contributed by atoms with Gasteiger partial charge in [-0.25, -0.2) is 19.1 Å². The van der Waals surface area contributed by atoms with Crippen molar-refractivity contribution in [1.29, 1.82) is 5.26 Å². The van der Waals surface area contributed by atoms with Gasteiger partial charge < -0.3 is 15.1 Å². The Morgan fingerprint density at radius 1 is 1.24 bits per heavy atom. The van der Waals surface area contributed by atoms with Crippen LogP contribution < -0.4 is 5.32 Å². The zero-order chi connectivity index (χ0) is 22.8. The van der Waals surface area contributed by atoms with Gasteiger partial charge in [0.15, 0.2) is 0 Å². The van der Waals surface area contributed by atoms with Crippen LogP contribution in [0.25, 0.3) is 5.69 Å². The molecule has 2 saturated heterocycles. The molecule has 12 heteroatoms. The molecule has 168 valence electrons. The minimum atomic E-state index is -0.102. The van der Waals surface area contributed by atoms with Crippen molar-refractivity contribution in [2.75, 3.05) is 26.2 Å². The van der Waals surface area contributed by atoms with Gasteiger partial charge in [-0.15, -0.1) is 10.2 Å². The van der Waals surface area contributed by atoms with Gasteiger partial charge in [0.05, 0.1) is 24.5 Å². The maximum Gasteiger partial charge on any atom is 0.317 e. The van der Waals surface area contributed by atoms with Gasteiger partial charge in [0.1, 0.15) is 18.1 Å². The second-order valence-corrected chi connectivity index (χ2v) is 8.04. The lowest BCUT2D eigenvalue weighted by Gasteiger charge is -2.32. The summed E-state index contributed by atoms with van der Waals surface area (Å²) in [5.41, 5.74) is 1.99. The van der Waals surface area contributed by atoms with Gasteiger partial charge in [-0.05, 0) is 31.0 Å². The summed E-state index contributed by atoms with van der Waals surface area (Å²) in [7, 11) is 0. The van der Waals surface area contributed by atoms with Gasteiger partial charge in [-0.3, -0.25) is 4.79 Å². The molecule has 33 heavy (non-hydrogen) atoms. The second kappa shape index (κ2) is 8.70. The Bertz CT molecular complexity index is 1220. The Kier molecular flexibility index (Phi) is 5.43. The van der Waals surface area contributed by atoms with E-state index < -0.39 is 0 Å². The van der Waals surface area contributed by atoms with Crippen LogP contribution in [-0.4, -0.2) is 77.7 Å². The molecule has 0 unspecified atom stereocenters. The van der Waals surface area contributed by atoms with Crippen LogP contribution in [0.15, 0.2) is 36.8 Å². The van der Waals surface area contributed by atoms with Crippen molar-refractivity contribution in [2.24, 2.45) is 0 Å². The van der Waals surface area contributed by atoms with E-state index in [0.29, 0.717) is 44.0 Å². The van der Waals surface area contributed by atoms with Gasteiger partial charge in [0.2, 0.25) is 0 Å². The van der Waals surface area contributed by atoms with Crippen LogP contribution in [0.4, 0.5) is 4.79 Å². The molecule has 2 aliphatic rings. The molecule has 12 nitrogen and oxygen atoms in total. The van der Waals surface area contributed by atoms with Crippen LogP contribution in [0.5, 0.6) is 0 Å². The fraction of sp³-hybridized carbons (Fsp3) is 0.381. The van der Waals surface area contributed by atoms with Gasteiger partial charge in [0.25, 0.3) is 11.7 Å². The van der Waals surface area contributed by atoms with Gasteiger partial charge in [0, 0.05) is 31.7 Å². The van der Waals surface area contributed by atoms with Crippen LogP contribution in [0.3, 0.4) is 0 Å². The molecule has 4 heterocycles. The number of carbonyl (C=O) groups is 2. The lowest BCUT2D eigenvalue weighted by atomic mass is 10.0. The van der Waals surface area contributed by atoms with Crippen LogP contribution in [0, 0.1) is 11.3 Å². The maximum absolute atomic E-state index is 13.1.